The second-order valence-electron chi connectivity index (χ2n) is 6.46. The van der Waals surface area contributed by atoms with E-state index < -0.39 is 15.9 Å². The molecular weight excluding hydrogens is 352 g/mol. The van der Waals surface area contributed by atoms with Gasteiger partial charge in [0.05, 0.1) is 23.7 Å². The molecule has 3 rings (SSSR count). The average molecular weight is 374 g/mol. The van der Waals surface area contributed by atoms with Gasteiger partial charge in [-0.25, -0.2) is 13.2 Å². The highest BCUT2D eigenvalue weighted by molar-refractivity contribution is 7.90. The first-order valence-corrected chi connectivity index (χ1v) is 10.3. The molecule has 2 aromatic rings. The first-order chi connectivity index (χ1) is 12.4. The van der Waals surface area contributed by atoms with Gasteiger partial charge in [-0.1, -0.05) is 24.3 Å². The largest absolute Gasteiger partial charge is 0.497 e. The molecule has 138 valence electrons. The second kappa shape index (κ2) is 7.37. The molecule has 1 aliphatic carbocycles. The van der Waals surface area contributed by atoms with Crippen LogP contribution in [0.25, 0.3) is 0 Å². The van der Waals surface area contributed by atoms with Crippen LogP contribution in [-0.2, 0) is 9.84 Å². The normalized spacial score (nSPS) is 15.2. The molecule has 2 aromatic carbocycles. The fraction of sp³-hybridized carbons (Fsp3) is 0.316. The predicted molar refractivity (Wildman–Crippen MR) is 100 cm³/mol. The van der Waals surface area contributed by atoms with Crippen LogP contribution in [-0.4, -0.2) is 27.8 Å². The molecule has 1 unspecified atom stereocenters. The zero-order valence-electron chi connectivity index (χ0n) is 14.7. The first-order valence-electron chi connectivity index (χ1n) is 8.39. The van der Waals surface area contributed by atoms with Gasteiger partial charge in [0, 0.05) is 6.26 Å². The molecule has 2 N–H and O–H groups in total. The van der Waals surface area contributed by atoms with E-state index in [1.807, 2.05) is 24.3 Å². The zero-order chi connectivity index (χ0) is 18.7. The number of carbonyl (C=O) groups is 1. The summed E-state index contributed by atoms with van der Waals surface area (Å²) in [7, 11) is -1.82. The van der Waals surface area contributed by atoms with Crippen LogP contribution in [0.15, 0.2) is 53.4 Å². The van der Waals surface area contributed by atoms with Gasteiger partial charge in [-0.3, -0.25) is 0 Å². The van der Waals surface area contributed by atoms with Crippen molar-refractivity contribution in [3.8, 4) is 5.75 Å². The Labute approximate surface area is 153 Å². The third-order valence-corrected chi connectivity index (χ3v) is 5.54. The fourth-order valence-corrected chi connectivity index (χ4v) is 3.75. The summed E-state index contributed by atoms with van der Waals surface area (Å²) < 4.78 is 28.9. The van der Waals surface area contributed by atoms with Gasteiger partial charge in [-0.2, -0.15) is 0 Å². The van der Waals surface area contributed by atoms with E-state index in [-0.39, 0.29) is 16.6 Å². The van der Waals surface area contributed by atoms with Crippen molar-refractivity contribution in [2.45, 2.75) is 23.8 Å². The van der Waals surface area contributed by atoms with Crippen molar-refractivity contribution in [2.75, 3.05) is 18.7 Å². The van der Waals surface area contributed by atoms with Crippen LogP contribution in [0, 0.1) is 5.92 Å². The van der Waals surface area contributed by atoms with Crippen molar-refractivity contribution < 1.29 is 17.9 Å². The van der Waals surface area contributed by atoms with Gasteiger partial charge < -0.3 is 15.4 Å². The van der Waals surface area contributed by atoms with E-state index in [4.69, 9.17) is 4.74 Å². The molecule has 0 bridgehead atoms. The molecule has 7 heteroatoms. The van der Waals surface area contributed by atoms with Crippen LogP contribution in [0.3, 0.4) is 0 Å². The van der Waals surface area contributed by atoms with E-state index in [2.05, 4.69) is 10.6 Å². The number of para-hydroxylation sites is 1. The lowest BCUT2D eigenvalue weighted by Crippen LogP contribution is -2.34. The summed E-state index contributed by atoms with van der Waals surface area (Å²) in [6.45, 7) is 0. The molecule has 0 radical (unpaired) electrons. The summed E-state index contributed by atoms with van der Waals surface area (Å²) in [5.41, 5.74) is 1.27. The number of rotatable bonds is 6. The molecule has 0 heterocycles. The minimum Gasteiger partial charge on any atom is -0.497 e. The molecule has 6 nitrogen and oxygen atoms in total. The summed E-state index contributed by atoms with van der Waals surface area (Å²) in [6, 6.07) is 13.4. The molecular formula is C19H22N2O4S. The van der Waals surface area contributed by atoms with Gasteiger partial charge in [0.2, 0.25) is 0 Å². The number of urea groups is 1. The number of amides is 2. The van der Waals surface area contributed by atoms with Crippen LogP contribution < -0.4 is 15.4 Å². The van der Waals surface area contributed by atoms with E-state index in [9.17, 15) is 13.2 Å². The lowest BCUT2D eigenvalue weighted by atomic mass is 10.0. The summed E-state index contributed by atoms with van der Waals surface area (Å²) in [4.78, 5) is 12.6. The number of nitrogens with one attached hydrogen (secondary N) is 2. The lowest BCUT2D eigenvalue weighted by Gasteiger charge is -2.20. The fourth-order valence-electron chi connectivity index (χ4n) is 2.91. The number of hydrogen-bond donors (Lipinski definition) is 2. The van der Waals surface area contributed by atoms with Crippen molar-refractivity contribution in [2.24, 2.45) is 5.92 Å². The van der Waals surface area contributed by atoms with Crippen molar-refractivity contribution in [1.82, 2.24) is 5.32 Å². The second-order valence-corrected chi connectivity index (χ2v) is 8.44. The SMILES string of the molecule is COc1ccc(C(NC(=O)Nc2ccccc2S(C)(=O)=O)C2CC2)cc1. The Bertz CT molecular complexity index is 890. The Hall–Kier alpha value is -2.54. The van der Waals surface area contributed by atoms with E-state index in [0.717, 1.165) is 30.4 Å². The maximum atomic E-state index is 12.5. The van der Waals surface area contributed by atoms with Crippen LogP contribution >= 0.6 is 0 Å². The summed E-state index contributed by atoms with van der Waals surface area (Å²) in [5, 5.41) is 5.64. The lowest BCUT2D eigenvalue weighted by molar-refractivity contribution is 0.247. The van der Waals surface area contributed by atoms with Crippen LogP contribution in [0.4, 0.5) is 10.5 Å². The highest BCUT2D eigenvalue weighted by Crippen LogP contribution is 2.41. The molecule has 1 atom stereocenters. The monoisotopic (exact) mass is 374 g/mol. The zero-order valence-corrected chi connectivity index (χ0v) is 15.5. The number of hydrogen-bond acceptors (Lipinski definition) is 4. The van der Waals surface area contributed by atoms with Crippen molar-refractivity contribution in [3.63, 3.8) is 0 Å². The molecule has 26 heavy (non-hydrogen) atoms. The van der Waals surface area contributed by atoms with E-state index in [1.165, 1.54) is 6.07 Å². The van der Waals surface area contributed by atoms with E-state index in [0.29, 0.717) is 5.92 Å². The molecule has 1 aliphatic rings. The Balaban J connectivity index is 1.75. The van der Waals surface area contributed by atoms with E-state index in [1.54, 1.807) is 25.3 Å². The Morgan fingerprint density at radius 2 is 1.77 bits per heavy atom. The molecule has 2 amide bonds. The van der Waals surface area contributed by atoms with Crippen LogP contribution in [0.2, 0.25) is 0 Å². The van der Waals surface area contributed by atoms with Crippen molar-refractivity contribution in [1.29, 1.82) is 0 Å². The van der Waals surface area contributed by atoms with Crippen molar-refractivity contribution in [3.05, 3.63) is 54.1 Å². The van der Waals surface area contributed by atoms with Crippen LogP contribution in [0.5, 0.6) is 5.75 Å². The number of ether oxygens (including phenoxy) is 1. The number of methoxy groups -OCH3 is 1. The summed E-state index contributed by atoms with van der Waals surface area (Å²) in [5.74, 6) is 1.15. The van der Waals surface area contributed by atoms with Gasteiger partial charge in [0.1, 0.15) is 5.75 Å². The average Bonchev–Trinajstić information content (AvgIpc) is 3.44. The van der Waals surface area contributed by atoms with Gasteiger partial charge >= 0.3 is 6.03 Å². The van der Waals surface area contributed by atoms with E-state index >= 15 is 0 Å². The topological polar surface area (TPSA) is 84.5 Å². The summed E-state index contributed by atoms with van der Waals surface area (Å²) in [6.07, 6.45) is 3.23. The Morgan fingerprint density at radius 1 is 1.12 bits per heavy atom. The molecule has 0 spiro atoms. The van der Waals surface area contributed by atoms with Crippen molar-refractivity contribution >= 4 is 21.6 Å². The first kappa shape index (κ1) is 18.3. The maximum absolute atomic E-state index is 12.5. The minimum atomic E-state index is -3.43. The number of benzene rings is 2. The molecule has 0 aromatic heterocycles. The van der Waals surface area contributed by atoms with Gasteiger partial charge in [0.15, 0.2) is 9.84 Å². The highest BCUT2D eigenvalue weighted by Gasteiger charge is 2.33. The predicted octanol–water partition coefficient (Wildman–Crippen LogP) is 3.37. The maximum Gasteiger partial charge on any atom is 0.319 e. The quantitative estimate of drug-likeness (QED) is 0.812. The third-order valence-electron chi connectivity index (χ3n) is 4.39. The van der Waals surface area contributed by atoms with Gasteiger partial charge in [0.25, 0.3) is 0 Å². The Kier molecular flexibility index (Phi) is 5.18. The molecule has 1 fully saturated rings. The van der Waals surface area contributed by atoms with Gasteiger partial charge in [-0.15, -0.1) is 0 Å². The van der Waals surface area contributed by atoms with Crippen LogP contribution in [0.1, 0.15) is 24.4 Å². The van der Waals surface area contributed by atoms with Gasteiger partial charge in [-0.05, 0) is 48.6 Å². The molecule has 0 saturated heterocycles. The highest BCUT2D eigenvalue weighted by atomic mass is 32.2. The number of sulfone groups is 1. The third kappa shape index (κ3) is 4.35. The molecule has 0 aliphatic heterocycles. The standard InChI is InChI=1S/C19H22N2O4S/c1-25-15-11-9-14(10-12-15)18(13-7-8-13)21-19(22)20-16-5-3-4-6-17(16)26(2,23)24/h3-6,9-13,18H,7-8H2,1-2H3,(H2,20,21,22). The smallest absolute Gasteiger partial charge is 0.319 e. The summed E-state index contributed by atoms with van der Waals surface area (Å²) >= 11 is 0. The Morgan fingerprint density at radius 3 is 2.35 bits per heavy atom. The minimum absolute atomic E-state index is 0.0996. The number of carbonyl (C=O) groups excluding carboxylic acids is 1. The number of anilines is 1. The molecule has 1 saturated carbocycles.